The quantitative estimate of drug-likeness (QED) is 0.786. The van der Waals surface area contributed by atoms with Crippen LogP contribution < -0.4 is 5.32 Å². The fraction of sp³-hybridized carbons (Fsp3) is 0.476. The molecule has 0 unspecified atom stereocenters. The largest absolute Gasteiger partial charge is 0.468 e. The summed E-state index contributed by atoms with van der Waals surface area (Å²) in [5.41, 5.74) is 1.08. The van der Waals surface area contributed by atoms with Gasteiger partial charge in [0.25, 0.3) is 0 Å². The molecule has 0 spiro atoms. The number of rotatable bonds is 6. The van der Waals surface area contributed by atoms with E-state index < -0.39 is 15.1 Å². The number of amides is 2. The van der Waals surface area contributed by atoms with Crippen LogP contribution in [0.5, 0.6) is 0 Å². The highest BCUT2D eigenvalue weighted by Gasteiger charge is 2.32. The lowest BCUT2D eigenvalue weighted by molar-refractivity contribution is 0.186. The highest BCUT2D eigenvalue weighted by Crippen LogP contribution is 2.30. The summed E-state index contributed by atoms with van der Waals surface area (Å²) in [6.45, 7) is 5.51. The van der Waals surface area contributed by atoms with Crippen LogP contribution in [0.2, 0.25) is 0 Å². The van der Waals surface area contributed by atoms with Gasteiger partial charge in [0.05, 0.1) is 11.2 Å². The minimum atomic E-state index is -3.72. The van der Waals surface area contributed by atoms with Gasteiger partial charge in [-0.05, 0) is 55.0 Å². The second-order valence-corrected chi connectivity index (χ2v) is 9.64. The molecule has 2 amide bonds. The van der Waals surface area contributed by atoms with Crippen molar-refractivity contribution >= 4 is 15.9 Å². The molecule has 1 fully saturated rings. The molecule has 1 aliphatic rings. The summed E-state index contributed by atoms with van der Waals surface area (Å²) < 4.78 is 32.0. The van der Waals surface area contributed by atoms with Crippen LogP contribution in [0.25, 0.3) is 0 Å². The van der Waals surface area contributed by atoms with Crippen molar-refractivity contribution in [3.63, 3.8) is 0 Å². The third kappa shape index (κ3) is 4.58. The number of hydrogen-bond acceptors (Lipinski definition) is 4. The number of urea groups is 1. The van der Waals surface area contributed by atoms with E-state index in [0.29, 0.717) is 24.8 Å². The van der Waals surface area contributed by atoms with Crippen molar-refractivity contribution in [1.82, 2.24) is 10.2 Å². The molecule has 0 aliphatic carbocycles. The fourth-order valence-corrected chi connectivity index (χ4v) is 5.02. The molecule has 1 atom stereocenters. The molecule has 152 valence electrons. The number of furan rings is 1. The number of hydrogen-bond donors (Lipinski definition) is 1. The highest BCUT2D eigenvalue weighted by atomic mass is 32.2. The van der Waals surface area contributed by atoms with Crippen molar-refractivity contribution in [2.24, 2.45) is 0 Å². The Bertz CT molecular complexity index is 868. The van der Waals surface area contributed by atoms with Crippen LogP contribution in [0.15, 0.2) is 52.0 Å². The molecule has 0 saturated carbocycles. The molecule has 3 rings (SSSR count). The van der Waals surface area contributed by atoms with E-state index in [1.165, 1.54) is 6.26 Å². The van der Waals surface area contributed by atoms with Gasteiger partial charge in [0.2, 0.25) is 0 Å². The number of sulfone groups is 1. The smallest absolute Gasteiger partial charge is 0.317 e. The molecule has 1 saturated heterocycles. The number of piperidine rings is 1. The van der Waals surface area contributed by atoms with Gasteiger partial charge in [-0.3, -0.25) is 0 Å². The number of nitrogens with zero attached hydrogens (tertiary/aromatic N) is 1. The van der Waals surface area contributed by atoms with Gasteiger partial charge in [0, 0.05) is 19.6 Å². The lowest BCUT2D eigenvalue weighted by Gasteiger charge is -2.27. The van der Waals surface area contributed by atoms with Gasteiger partial charge in [-0.2, -0.15) is 0 Å². The Balaban J connectivity index is 1.80. The molecule has 1 aliphatic heterocycles. The number of benzene rings is 1. The zero-order valence-electron chi connectivity index (χ0n) is 16.4. The zero-order chi connectivity index (χ0) is 20.1. The van der Waals surface area contributed by atoms with Gasteiger partial charge < -0.3 is 14.6 Å². The molecule has 28 heavy (non-hydrogen) atoms. The molecule has 1 aromatic heterocycles. The van der Waals surface area contributed by atoms with Crippen LogP contribution >= 0.6 is 0 Å². The Kier molecular flexibility index (Phi) is 6.44. The van der Waals surface area contributed by atoms with Gasteiger partial charge in [0.15, 0.2) is 9.84 Å². The van der Waals surface area contributed by atoms with Crippen molar-refractivity contribution in [2.75, 3.05) is 19.6 Å². The number of carbonyl (C=O) groups excluding carboxylic acids is 1. The van der Waals surface area contributed by atoms with Crippen molar-refractivity contribution in [3.05, 3.63) is 54.0 Å². The Morgan fingerprint density at radius 3 is 2.36 bits per heavy atom. The molecule has 0 bridgehead atoms. The van der Waals surface area contributed by atoms with Gasteiger partial charge in [-0.15, -0.1) is 0 Å². The topological polar surface area (TPSA) is 79.6 Å². The van der Waals surface area contributed by atoms with Crippen LogP contribution in [-0.2, 0) is 9.84 Å². The van der Waals surface area contributed by atoms with E-state index in [9.17, 15) is 13.2 Å². The van der Waals surface area contributed by atoms with E-state index in [-0.39, 0.29) is 17.5 Å². The maximum Gasteiger partial charge on any atom is 0.317 e. The van der Waals surface area contributed by atoms with E-state index >= 15 is 0 Å². The first-order valence-corrected chi connectivity index (χ1v) is 11.3. The van der Waals surface area contributed by atoms with Crippen molar-refractivity contribution in [1.29, 1.82) is 0 Å². The predicted molar refractivity (Wildman–Crippen MR) is 108 cm³/mol. The predicted octanol–water partition coefficient (Wildman–Crippen LogP) is 4.11. The molecule has 7 heteroatoms. The second kappa shape index (κ2) is 8.82. The molecule has 0 radical (unpaired) electrons. The van der Waals surface area contributed by atoms with E-state index in [4.69, 9.17) is 4.42 Å². The van der Waals surface area contributed by atoms with Crippen LogP contribution in [0.1, 0.15) is 55.6 Å². The van der Waals surface area contributed by atoms with Crippen LogP contribution in [0, 0.1) is 0 Å². The molecule has 1 N–H and O–H groups in total. The average molecular weight is 405 g/mol. The Morgan fingerprint density at radius 2 is 1.79 bits per heavy atom. The van der Waals surface area contributed by atoms with E-state index in [0.717, 1.165) is 24.8 Å². The van der Waals surface area contributed by atoms with Gasteiger partial charge in [0.1, 0.15) is 11.0 Å². The minimum Gasteiger partial charge on any atom is -0.468 e. The molecule has 2 heterocycles. The summed E-state index contributed by atoms with van der Waals surface area (Å²) >= 11 is 0. The lowest BCUT2D eigenvalue weighted by Crippen LogP contribution is -2.44. The van der Waals surface area contributed by atoms with E-state index in [1.807, 2.05) is 12.1 Å². The highest BCUT2D eigenvalue weighted by molar-refractivity contribution is 7.91. The van der Waals surface area contributed by atoms with Crippen molar-refractivity contribution < 1.29 is 17.6 Å². The van der Waals surface area contributed by atoms with Crippen molar-refractivity contribution in [3.8, 4) is 0 Å². The third-order valence-electron chi connectivity index (χ3n) is 5.19. The monoisotopic (exact) mass is 404 g/mol. The van der Waals surface area contributed by atoms with Gasteiger partial charge >= 0.3 is 6.03 Å². The van der Waals surface area contributed by atoms with E-state index in [1.54, 1.807) is 29.2 Å². The maximum atomic E-state index is 13.3. The summed E-state index contributed by atoms with van der Waals surface area (Å²) in [7, 11) is -3.72. The number of likely N-dealkylation sites (tertiary alicyclic amines) is 1. The van der Waals surface area contributed by atoms with Gasteiger partial charge in [-0.25, -0.2) is 13.2 Å². The summed E-state index contributed by atoms with van der Waals surface area (Å²) in [4.78, 5) is 14.4. The lowest BCUT2D eigenvalue weighted by atomic mass is 10.0. The standard InChI is InChI=1S/C21H28N2O4S/c1-16(2)17-8-10-18(11-9-17)28(25,26)20(19-7-6-14-27-19)15-22-21(24)23-12-4-3-5-13-23/h6-11,14,16,20H,3-5,12-13,15H2,1-2H3,(H,22,24)/t20-/m0/s1. The molecular formula is C21H28N2O4S. The average Bonchev–Trinajstić information content (AvgIpc) is 3.23. The third-order valence-corrected chi connectivity index (χ3v) is 7.27. The molecule has 2 aromatic rings. The first-order valence-electron chi connectivity index (χ1n) is 9.79. The first-order chi connectivity index (χ1) is 13.4. The summed E-state index contributed by atoms with van der Waals surface area (Å²) in [5, 5.41) is 1.82. The Labute approximate surface area is 166 Å². The van der Waals surface area contributed by atoms with Crippen molar-refractivity contribution in [2.45, 2.75) is 49.2 Å². The summed E-state index contributed by atoms with van der Waals surface area (Å²) in [5.74, 6) is 0.647. The van der Waals surface area contributed by atoms with Crippen LogP contribution in [0.4, 0.5) is 4.79 Å². The van der Waals surface area contributed by atoms with Gasteiger partial charge in [-0.1, -0.05) is 26.0 Å². The molecule has 1 aromatic carbocycles. The van der Waals surface area contributed by atoms with Crippen LogP contribution in [0.3, 0.4) is 0 Å². The summed E-state index contributed by atoms with van der Waals surface area (Å²) in [6, 6.07) is 10.0. The normalized spacial score (nSPS) is 16.2. The summed E-state index contributed by atoms with van der Waals surface area (Å²) in [6.07, 6.45) is 4.54. The SMILES string of the molecule is CC(C)c1ccc(S(=O)(=O)[C@@H](CNC(=O)N2CCCCC2)c2ccco2)cc1. The molecule has 6 nitrogen and oxygen atoms in total. The first kappa shape index (κ1) is 20.5. The second-order valence-electron chi connectivity index (χ2n) is 7.51. The number of carbonyl (C=O) groups is 1. The minimum absolute atomic E-state index is 0.0306. The van der Waals surface area contributed by atoms with Crippen LogP contribution in [-0.4, -0.2) is 39.0 Å². The Hall–Kier alpha value is -2.28. The number of nitrogens with one attached hydrogen (secondary N) is 1. The molecular weight excluding hydrogens is 376 g/mol. The van der Waals surface area contributed by atoms with E-state index in [2.05, 4.69) is 19.2 Å². The Morgan fingerprint density at radius 1 is 1.11 bits per heavy atom. The fourth-order valence-electron chi connectivity index (χ4n) is 3.43. The maximum absolute atomic E-state index is 13.3. The zero-order valence-corrected chi connectivity index (χ0v) is 17.2.